The van der Waals surface area contributed by atoms with E-state index < -0.39 is 0 Å². The van der Waals surface area contributed by atoms with E-state index in [1.165, 1.54) is 0 Å². The Morgan fingerprint density at radius 2 is 0.609 bits per heavy atom. The number of rotatable bonds is 7. The van der Waals surface area contributed by atoms with Gasteiger partial charge in [-0.3, -0.25) is 9.97 Å². The zero-order valence-corrected chi connectivity index (χ0v) is 34.6. The number of para-hydroxylation sites is 2. The van der Waals surface area contributed by atoms with E-state index in [4.69, 9.17) is 15.0 Å². The number of pyridine rings is 2. The van der Waals surface area contributed by atoms with Crippen LogP contribution in [0.5, 0.6) is 0 Å². The van der Waals surface area contributed by atoms with Crippen LogP contribution >= 0.6 is 0 Å². The Morgan fingerprint density at radius 3 is 1.12 bits per heavy atom. The highest BCUT2D eigenvalue weighted by Gasteiger charge is 2.18. The fourth-order valence-corrected chi connectivity index (χ4v) is 9.10. The molecule has 0 bridgehead atoms. The summed E-state index contributed by atoms with van der Waals surface area (Å²) in [7, 11) is 0. The number of benzene rings is 9. The number of nitrogens with zero attached hydrogens (tertiary/aromatic N) is 5. The summed E-state index contributed by atoms with van der Waals surface area (Å²) in [5.41, 5.74) is 13.5. The molecule has 12 aromatic rings. The molecule has 9 aromatic carbocycles. The van der Waals surface area contributed by atoms with Crippen LogP contribution in [-0.4, -0.2) is 24.9 Å². The summed E-state index contributed by atoms with van der Waals surface area (Å²) in [6, 6.07) is 74.6. The van der Waals surface area contributed by atoms with Gasteiger partial charge in [0.1, 0.15) is 0 Å². The Hall–Kier alpha value is -8.67. The van der Waals surface area contributed by atoms with Crippen molar-refractivity contribution in [2.75, 3.05) is 0 Å². The topological polar surface area (TPSA) is 64.5 Å². The third-order valence-electron chi connectivity index (χ3n) is 12.2. The van der Waals surface area contributed by atoms with Gasteiger partial charge in [-0.25, -0.2) is 15.0 Å². The predicted octanol–water partition coefficient (Wildman–Crippen LogP) is 14.9. The first-order chi connectivity index (χ1) is 31.7. The van der Waals surface area contributed by atoms with Crippen LogP contribution in [0.25, 0.3) is 122 Å². The molecule has 64 heavy (non-hydrogen) atoms. The molecule has 0 spiro atoms. The monoisotopic (exact) mass is 815 g/mol. The maximum Gasteiger partial charge on any atom is 0.164 e. The molecule has 5 nitrogen and oxygen atoms in total. The lowest BCUT2D eigenvalue weighted by molar-refractivity contribution is 1.08. The third kappa shape index (κ3) is 6.73. The van der Waals surface area contributed by atoms with Gasteiger partial charge in [0.2, 0.25) is 0 Å². The molecule has 298 valence electrons. The van der Waals surface area contributed by atoms with Gasteiger partial charge in [-0.05, 0) is 121 Å². The zero-order chi connectivity index (χ0) is 42.4. The second-order valence-corrected chi connectivity index (χ2v) is 16.1. The molecule has 0 atom stereocenters. The summed E-state index contributed by atoms with van der Waals surface area (Å²) < 4.78 is 0. The van der Waals surface area contributed by atoms with Crippen LogP contribution in [0.15, 0.2) is 225 Å². The third-order valence-corrected chi connectivity index (χ3v) is 12.2. The van der Waals surface area contributed by atoms with E-state index in [1.54, 1.807) is 0 Å². The van der Waals surface area contributed by atoms with Crippen LogP contribution in [-0.2, 0) is 0 Å². The molecule has 0 radical (unpaired) electrons. The molecule has 0 amide bonds. The Kier molecular flexibility index (Phi) is 9.08. The zero-order valence-electron chi connectivity index (χ0n) is 34.6. The van der Waals surface area contributed by atoms with Gasteiger partial charge in [-0.15, -0.1) is 0 Å². The second kappa shape index (κ2) is 15.7. The number of aromatic nitrogens is 5. The number of fused-ring (bicyclic) bond motifs is 4. The fraction of sp³-hybridized carbons (Fsp3) is 0. The Labute approximate surface area is 370 Å². The van der Waals surface area contributed by atoms with E-state index in [2.05, 4.69) is 210 Å². The Morgan fingerprint density at radius 1 is 0.234 bits per heavy atom. The van der Waals surface area contributed by atoms with Gasteiger partial charge in [0.05, 0.1) is 11.0 Å². The maximum atomic E-state index is 5.36. The van der Waals surface area contributed by atoms with Gasteiger partial charge >= 0.3 is 0 Å². The van der Waals surface area contributed by atoms with Gasteiger partial charge < -0.3 is 0 Å². The SMILES string of the molecule is c1cc(-c2cc(-c3cccc(-c4ccnc5ccccc45)c3)cc(-c3nc(-c4cccc5ccccc45)nc(-c4cccc5ccccc45)n3)c2)cc(-c2ccnc3ccccc23)c1. The van der Waals surface area contributed by atoms with Gasteiger partial charge in [-0.1, -0.05) is 158 Å². The lowest BCUT2D eigenvalue weighted by Crippen LogP contribution is -2.01. The molecule has 0 N–H and O–H groups in total. The second-order valence-electron chi connectivity index (χ2n) is 16.1. The molecule has 0 aliphatic rings. The highest BCUT2D eigenvalue weighted by Crippen LogP contribution is 2.39. The van der Waals surface area contributed by atoms with E-state index in [0.29, 0.717) is 17.5 Å². The average molecular weight is 816 g/mol. The van der Waals surface area contributed by atoms with E-state index >= 15 is 0 Å². The van der Waals surface area contributed by atoms with Crippen molar-refractivity contribution in [1.29, 1.82) is 0 Å². The molecule has 3 heterocycles. The largest absolute Gasteiger partial charge is 0.256 e. The van der Waals surface area contributed by atoms with Crippen LogP contribution in [0.2, 0.25) is 0 Å². The van der Waals surface area contributed by atoms with Gasteiger partial charge in [0, 0.05) is 39.9 Å². The summed E-state index contributed by atoms with van der Waals surface area (Å²) in [6.07, 6.45) is 3.79. The van der Waals surface area contributed by atoms with Crippen molar-refractivity contribution >= 4 is 43.4 Å². The molecule has 0 aliphatic heterocycles. The molecule has 3 aromatic heterocycles. The average Bonchev–Trinajstić information content (AvgIpc) is 3.37. The molecule has 0 unspecified atom stereocenters. The van der Waals surface area contributed by atoms with E-state index in [9.17, 15) is 0 Å². The first kappa shape index (κ1) is 37.1. The minimum absolute atomic E-state index is 0.594. The van der Waals surface area contributed by atoms with Crippen LogP contribution in [0.3, 0.4) is 0 Å². The quantitative estimate of drug-likeness (QED) is 0.160. The molecule has 0 aliphatic carbocycles. The van der Waals surface area contributed by atoms with Crippen molar-refractivity contribution in [2.45, 2.75) is 0 Å². The van der Waals surface area contributed by atoms with Gasteiger partial charge in [0.25, 0.3) is 0 Å². The number of hydrogen-bond acceptors (Lipinski definition) is 5. The predicted molar refractivity (Wildman–Crippen MR) is 263 cm³/mol. The minimum atomic E-state index is 0.594. The summed E-state index contributed by atoms with van der Waals surface area (Å²) in [4.78, 5) is 25.3. The van der Waals surface area contributed by atoms with E-state index in [0.717, 1.165) is 105 Å². The van der Waals surface area contributed by atoms with Gasteiger partial charge in [-0.2, -0.15) is 0 Å². The van der Waals surface area contributed by atoms with Crippen molar-refractivity contribution in [3.63, 3.8) is 0 Å². The highest BCUT2D eigenvalue weighted by molar-refractivity contribution is 5.99. The van der Waals surface area contributed by atoms with E-state index in [1.807, 2.05) is 24.5 Å². The first-order valence-corrected chi connectivity index (χ1v) is 21.5. The minimum Gasteiger partial charge on any atom is -0.256 e. The summed E-state index contributed by atoms with van der Waals surface area (Å²) in [5.74, 6) is 1.83. The Bertz CT molecular complexity index is 3500. The molecule has 5 heteroatoms. The molecular formula is C59H37N5. The summed E-state index contributed by atoms with van der Waals surface area (Å²) in [6.45, 7) is 0. The summed E-state index contributed by atoms with van der Waals surface area (Å²) in [5, 5.41) is 6.65. The fourth-order valence-electron chi connectivity index (χ4n) is 9.10. The molecule has 0 saturated heterocycles. The Balaban J connectivity index is 1.09. The maximum absolute atomic E-state index is 5.36. The lowest BCUT2D eigenvalue weighted by atomic mass is 9.92. The van der Waals surface area contributed by atoms with Crippen molar-refractivity contribution in [1.82, 2.24) is 24.9 Å². The lowest BCUT2D eigenvalue weighted by Gasteiger charge is -2.15. The normalized spacial score (nSPS) is 11.4. The van der Waals surface area contributed by atoms with Crippen LogP contribution in [0.1, 0.15) is 0 Å². The summed E-state index contributed by atoms with van der Waals surface area (Å²) >= 11 is 0. The number of hydrogen-bond donors (Lipinski definition) is 0. The van der Waals surface area contributed by atoms with Crippen molar-refractivity contribution in [2.24, 2.45) is 0 Å². The van der Waals surface area contributed by atoms with Crippen molar-refractivity contribution in [3.8, 4) is 78.7 Å². The molecular weight excluding hydrogens is 779 g/mol. The highest BCUT2D eigenvalue weighted by atomic mass is 15.0. The van der Waals surface area contributed by atoms with Crippen molar-refractivity contribution in [3.05, 3.63) is 225 Å². The van der Waals surface area contributed by atoms with Gasteiger partial charge in [0.15, 0.2) is 17.5 Å². The van der Waals surface area contributed by atoms with Crippen LogP contribution in [0, 0.1) is 0 Å². The standard InChI is InChI=1S/C59H37N5/c1-3-21-47-38(13-1)15-11-25-53(47)58-62-57(63-59(64-58)54-26-12-16-39-14-2-4-22-48(39)54)46-36-44(40-17-9-19-42(33-40)49-29-31-60-55-27-7-5-23-51(49)55)35-45(37-46)41-18-10-20-43(34-41)50-30-32-61-56-28-8-6-24-52(50)56/h1-37H. The molecule has 12 rings (SSSR count). The molecule has 0 saturated carbocycles. The van der Waals surface area contributed by atoms with E-state index in [-0.39, 0.29) is 0 Å². The molecule has 0 fully saturated rings. The van der Waals surface area contributed by atoms with Crippen molar-refractivity contribution < 1.29 is 0 Å². The van der Waals surface area contributed by atoms with Crippen LogP contribution in [0.4, 0.5) is 0 Å². The first-order valence-electron chi connectivity index (χ1n) is 21.5. The smallest absolute Gasteiger partial charge is 0.164 e. The van der Waals surface area contributed by atoms with Crippen LogP contribution < -0.4 is 0 Å².